The van der Waals surface area contributed by atoms with Gasteiger partial charge in [0.2, 0.25) is 5.91 Å². The van der Waals surface area contributed by atoms with Gasteiger partial charge in [0.25, 0.3) is 6.47 Å². The van der Waals surface area contributed by atoms with E-state index in [1.54, 1.807) is 24.3 Å². The minimum Gasteiger partial charge on any atom is -0.468 e. The highest BCUT2D eigenvalue weighted by Gasteiger charge is 2.31. The van der Waals surface area contributed by atoms with Gasteiger partial charge in [-0.15, -0.1) is 0 Å². The predicted octanol–water partition coefficient (Wildman–Crippen LogP) is 4.55. The molecule has 1 heterocycles. The molecule has 1 fully saturated rings. The molecule has 188 valence electrons. The summed E-state index contributed by atoms with van der Waals surface area (Å²) in [4.78, 5) is 37.7. The lowest BCUT2D eigenvalue weighted by atomic mass is 9.77. The molecule has 2 aromatic carbocycles. The first-order valence-electron chi connectivity index (χ1n) is 12.5. The number of hydrogen-bond donors (Lipinski definition) is 1. The SMILES string of the molecule is CCCC(c1ccccc1N1CCCCC1)C(C(N)=O)c1ccc(C(=O)OCCCOC=O)cc1. The second-order valence-electron chi connectivity index (χ2n) is 8.96. The van der Waals surface area contributed by atoms with E-state index in [0.29, 0.717) is 18.5 Å². The molecule has 2 unspecified atom stereocenters. The van der Waals surface area contributed by atoms with E-state index in [9.17, 15) is 14.4 Å². The van der Waals surface area contributed by atoms with Crippen molar-refractivity contribution in [2.75, 3.05) is 31.2 Å². The molecule has 0 radical (unpaired) electrons. The van der Waals surface area contributed by atoms with E-state index >= 15 is 0 Å². The smallest absolute Gasteiger partial charge is 0.338 e. The Hall–Kier alpha value is -3.35. The zero-order valence-corrected chi connectivity index (χ0v) is 20.5. The first-order chi connectivity index (χ1) is 17.1. The minimum atomic E-state index is -0.508. The van der Waals surface area contributed by atoms with Crippen LogP contribution in [0.5, 0.6) is 0 Å². The molecule has 0 spiro atoms. The summed E-state index contributed by atoms with van der Waals surface area (Å²) in [7, 11) is 0. The maximum atomic E-state index is 12.8. The molecular formula is C28H36N2O5. The Labute approximate surface area is 207 Å². The molecule has 0 aliphatic carbocycles. The van der Waals surface area contributed by atoms with Crippen LogP contribution in [0.3, 0.4) is 0 Å². The highest BCUT2D eigenvalue weighted by molar-refractivity contribution is 5.90. The fourth-order valence-corrected chi connectivity index (χ4v) is 4.90. The van der Waals surface area contributed by atoms with Crippen LogP contribution in [-0.2, 0) is 19.1 Å². The predicted molar refractivity (Wildman–Crippen MR) is 135 cm³/mol. The van der Waals surface area contributed by atoms with E-state index in [1.165, 1.54) is 24.9 Å². The molecule has 2 atom stereocenters. The van der Waals surface area contributed by atoms with E-state index in [2.05, 4.69) is 34.8 Å². The largest absolute Gasteiger partial charge is 0.468 e. The molecule has 0 bridgehead atoms. The average molecular weight is 481 g/mol. The normalized spacial score (nSPS) is 15.2. The lowest BCUT2D eigenvalue weighted by molar-refractivity contribution is -0.129. The third-order valence-corrected chi connectivity index (χ3v) is 6.55. The number of anilines is 1. The number of piperidine rings is 1. The summed E-state index contributed by atoms with van der Waals surface area (Å²) >= 11 is 0. The molecule has 1 aliphatic rings. The molecule has 3 rings (SSSR count). The molecule has 2 aromatic rings. The topological polar surface area (TPSA) is 98.9 Å². The van der Waals surface area contributed by atoms with Crippen molar-refractivity contribution in [1.82, 2.24) is 0 Å². The number of amides is 1. The van der Waals surface area contributed by atoms with Gasteiger partial charge in [-0.1, -0.05) is 43.7 Å². The van der Waals surface area contributed by atoms with Gasteiger partial charge in [-0.05, 0) is 55.0 Å². The molecule has 35 heavy (non-hydrogen) atoms. The maximum absolute atomic E-state index is 12.8. The third kappa shape index (κ3) is 7.07. The molecule has 0 aromatic heterocycles. The highest BCUT2D eigenvalue weighted by Crippen LogP contribution is 2.41. The van der Waals surface area contributed by atoms with E-state index in [4.69, 9.17) is 10.5 Å². The van der Waals surface area contributed by atoms with Crippen LogP contribution in [-0.4, -0.2) is 44.7 Å². The summed E-state index contributed by atoms with van der Waals surface area (Å²) in [5.74, 6) is -1.40. The summed E-state index contributed by atoms with van der Waals surface area (Å²) < 4.78 is 9.82. The van der Waals surface area contributed by atoms with Crippen molar-refractivity contribution in [3.63, 3.8) is 0 Å². The van der Waals surface area contributed by atoms with Gasteiger partial charge in [0.1, 0.15) is 0 Å². The van der Waals surface area contributed by atoms with E-state index in [-0.39, 0.29) is 25.0 Å². The molecule has 1 saturated heterocycles. The molecule has 0 saturated carbocycles. The molecule has 1 aliphatic heterocycles. The van der Waals surface area contributed by atoms with Gasteiger partial charge >= 0.3 is 5.97 Å². The van der Waals surface area contributed by atoms with Crippen LogP contribution in [0.15, 0.2) is 48.5 Å². The molecular weight excluding hydrogens is 444 g/mol. The lowest BCUT2D eigenvalue weighted by Gasteiger charge is -2.34. The van der Waals surface area contributed by atoms with Crippen molar-refractivity contribution in [3.05, 3.63) is 65.2 Å². The van der Waals surface area contributed by atoms with Crippen molar-refractivity contribution in [3.8, 4) is 0 Å². The van der Waals surface area contributed by atoms with Crippen LogP contribution < -0.4 is 10.6 Å². The van der Waals surface area contributed by atoms with Gasteiger partial charge in [-0.2, -0.15) is 0 Å². The number of nitrogens with two attached hydrogens (primary N) is 1. The van der Waals surface area contributed by atoms with Crippen LogP contribution in [0.4, 0.5) is 5.69 Å². The number of nitrogens with zero attached hydrogens (tertiary/aromatic N) is 1. The number of esters is 1. The van der Waals surface area contributed by atoms with Gasteiger partial charge in [0, 0.05) is 31.1 Å². The monoisotopic (exact) mass is 480 g/mol. The standard InChI is InChI=1S/C28H36N2O5/c1-2-9-24(23-10-4-5-11-25(23)30-16-6-3-7-17-30)26(27(29)32)21-12-14-22(15-13-21)28(33)35-19-8-18-34-20-31/h4-5,10-15,20,24,26H,2-3,6-9,16-19H2,1H3,(H2,29,32). The molecule has 1 amide bonds. The number of ether oxygens (including phenoxy) is 2. The first-order valence-corrected chi connectivity index (χ1v) is 12.5. The maximum Gasteiger partial charge on any atom is 0.338 e. The van der Waals surface area contributed by atoms with Gasteiger partial charge in [0.15, 0.2) is 0 Å². The Morgan fingerprint density at radius 1 is 1.03 bits per heavy atom. The number of hydrogen-bond acceptors (Lipinski definition) is 6. The van der Waals surface area contributed by atoms with Crippen LogP contribution >= 0.6 is 0 Å². The van der Waals surface area contributed by atoms with Gasteiger partial charge < -0.3 is 20.1 Å². The van der Waals surface area contributed by atoms with E-state index in [0.717, 1.165) is 37.1 Å². The fraction of sp³-hybridized carbons (Fsp3) is 0.464. The zero-order valence-electron chi connectivity index (χ0n) is 20.5. The summed E-state index contributed by atoms with van der Waals surface area (Å²) in [6, 6.07) is 15.3. The Kier molecular flexibility index (Phi) is 10.1. The number of carbonyl (C=O) groups is 3. The highest BCUT2D eigenvalue weighted by atomic mass is 16.5. The second-order valence-corrected chi connectivity index (χ2v) is 8.96. The summed E-state index contributed by atoms with van der Waals surface area (Å²) in [5.41, 5.74) is 9.52. The number of para-hydroxylation sites is 1. The molecule has 7 heteroatoms. The van der Waals surface area contributed by atoms with Crippen molar-refractivity contribution >= 4 is 24.0 Å². The fourth-order valence-electron chi connectivity index (χ4n) is 4.90. The lowest BCUT2D eigenvalue weighted by Crippen LogP contribution is -2.32. The average Bonchev–Trinajstić information content (AvgIpc) is 2.89. The first kappa shape index (κ1) is 26.3. The van der Waals surface area contributed by atoms with E-state index < -0.39 is 11.9 Å². The Morgan fingerprint density at radius 2 is 1.74 bits per heavy atom. The summed E-state index contributed by atoms with van der Waals surface area (Å²) in [6.45, 7) is 4.89. The van der Waals surface area contributed by atoms with Crippen LogP contribution in [0, 0.1) is 0 Å². The Balaban J connectivity index is 1.83. The van der Waals surface area contributed by atoms with Gasteiger partial charge in [-0.25, -0.2) is 4.79 Å². The third-order valence-electron chi connectivity index (χ3n) is 6.55. The van der Waals surface area contributed by atoms with Gasteiger partial charge in [0.05, 0.1) is 24.7 Å². The summed E-state index contributed by atoms with van der Waals surface area (Å²) in [6.07, 6.45) is 5.78. The quantitative estimate of drug-likeness (QED) is 0.257. The molecule has 2 N–H and O–H groups in total. The second kappa shape index (κ2) is 13.5. The van der Waals surface area contributed by atoms with Crippen molar-refractivity contribution < 1.29 is 23.9 Å². The van der Waals surface area contributed by atoms with Crippen LogP contribution in [0.2, 0.25) is 0 Å². The van der Waals surface area contributed by atoms with E-state index in [1.807, 2.05) is 6.07 Å². The number of benzene rings is 2. The van der Waals surface area contributed by atoms with Crippen molar-refractivity contribution in [1.29, 1.82) is 0 Å². The zero-order chi connectivity index (χ0) is 25.0. The Morgan fingerprint density at radius 3 is 2.40 bits per heavy atom. The van der Waals surface area contributed by atoms with Crippen molar-refractivity contribution in [2.45, 2.75) is 57.3 Å². The van der Waals surface area contributed by atoms with Crippen LogP contribution in [0.25, 0.3) is 0 Å². The molecule has 7 nitrogen and oxygen atoms in total. The summed E-state index contributed by atoms with van der Waals surface area (Å²) in [5, 5.41) is 0. The minimum absolute atomic E-state index is 0.0637. The number of rotatable bonds is 13. The van der Waals surface area contributed by atoms with Crippen molar-refractivity contribution in [2.24, 2.45) is 5.73 Å². The Bertz CT molecular complexity index is 970. The van der Waals surface area contributed by atoms with Crippen LogP contribution in [0.1, 0.15) is 78.8 Å². The number of carbonyl (C=O) groups excluding carboxylic acids is 3. The number of primary amides is 1. The van der Waals surface area contributed by atoms with Gasteiger partial charge in [-0.3, -0.25) is 9.59 Å².